The third-order valence-corrected chi connectivity index (χ3v) is 7.07. The summed E-state index contributed by atoms with van der Waals surface area (Å²) < 4.78 is 6.85. The second-order valence-electron chi connectivity index (χ2n) is 10.3. The van der Waals surface area contributed by atoms with Gasteiger partial charge in [-0.15, -0.1) is 0 Å². The molecule has 40 heavy (non-hydrogen) atoms. The van der Waals surface area contributed by atoms with Crippen molar-refractivity contribution >= 4 is 29.3 Å². The van der Waals surface area contributed by atoms with Gasteiger partial charge < -0.3 is 20.3 Å². The Morgan fingerprint density at radius 2 is 2.00 bits per heavy atom. The van der Waals surface area contributed by atoms with E-state index in [1.807, 2.05) is 38.1 Å². The summed E-state index contributed by atoms with van der Waals surface area (Å²) in [5.74, 6) is 0.0861. The molecule has 1 saturated heterocycles. The van der Waals surface area contributed by atoms with Crippen molar-refractivity contribution in [2.45, 2.75) is 58.2 Å². The van der Waals surface area contributed by atoms with E-state index >= 15 is 0 Å². The Morgan fingerprint density at radius 3 is 2.73 bits per heavy atom. The molecule has 2 N–H and O–H groups in total. The van der Waals surface area contributed by atoms with E-state index in [0.29, 0.717) is 36.6 Å². The van der Waals surface area contributed by atoms with Gasteiger partial charge >= 0.3 is 0 Å². The maximum absolute atomic E-state index is 13.7. The molecule has 0 unspecified atom stereocenters. The maximum Gasteiger partial charge on any atom is 0.245 e. The number of nitrogens with one attached hydrogen (secondary N) is 2. The lowest BCUT2D eigenvalue weighted by Gasteiger charge is -2.29. The first-order valence-electron chi connectivity index (χ1n) is 13.4. The number of hydrogen-bond donors (Lipinski definition) is 2. The molecule has 1 aliphatic rings. The number of amides is 3. The van der Waals surface area contributed by atoms with Crippen LogP contribution in [0.2, 0.25) is 5.02 Å². The van der Waals surface area contributed by atoms with Gasteiger partial charge in [0.05, 0.1) is 19.2 Å². The molecule has 1 fully saturated rings. The Bertz CT molecular complexity index is 1330. The molecule has 4 rings (SSSR count). The number of carbonyl (C=O) groups is 3. The van der Waals surface area contributed by atoms with Crippen LogP contribution < -0.4 is 15.4 Å². The molecule has 11 heteroatoms. The zero-order valence-corrected chi connectivity index (χ0v) is 23.7. The monoisotopic (exact) mass is 566 g/mol. The van der Waals surface area contributed by atoms with Crippen molar-refractivity contribution in [3.05, 3.63) is 71.3 Å². The topological polar surface area (TPSA) is 118 Å². The van der Waals surface area contributed by atoms with Gasteiger partial charge in [-0.2, -0.15) is 5.10 Å². The number of carbonyl (C=O) groups excluding carboxylic acids is 3. The fourth-order valence-corrected chi connectivity index (χ4v) is 5.16. The third kappa shape index (κ3) is 7.38. The molecule has 10 nitrogen and oxygen atoms in total. The molecule has 1 aliphatic heterocycles. The van der Waals surface area contributed by atoms with Crippen LogP contribution in [0.1, 0.15) is 44.2 Å². The van der Waals surface area contributed by atoms with Crippen LogP contribution >= 0.6 is 11.6 Å². The van der Waals surface area contributed by atoms with Gasteiger partial charge in [0.25, 0.3) is 0 Å². The van der Waals surface area contributed by atoms with Crippen LogP contribution in [-0.2, 0) is 27.3 Å². The maximum atomic E-state index is 13.7. The van der Waals surface area contributed by atoms with Crippen LogP contribution in [-0.4, -0.2) is 63.1 Å². The predicted octanol–water partition coefficient (Wildman–Crippen LogP) is 3.31. The minimum atomic E-state index is -0.724. The molecule has 0 aliphatic carbocycles. The van der Waals surface area contributed by atoms with Gasteiger partial charge in [-0.1, -0.05) is 37.6 Å². The second-order valence-corrected chi connectivity index (χ2v) is 10.7. The van der Waals surface area contributed by atoms with Crippen LogP contribution in [0, 0.1) is 5.92 Å². The van der Waals surface area contributed by atoms with E-state index in [4.69, 9.17) is 16.3 Å². The molecule has 1 aromatic heterocycles. The van der Waals surface area contributed by atoms with Crippen molar-refractivity contribution < 1.29 is 19.1 Å². The summed E-state index contributed by atoms with van der Waals surface area (Å²) in [7, 11) is 1.57. The average molecular weight is 567 g/mol. The van der Waals surface area contributed by atoms with Gasteiger partial charge in [0.1, 0.15) is 30.5 Å². The highest BCUT2D eigenvalue weighted by Crippen LogP contribution is 2.23. The predicted molar refractivity (Wildman–Crippen MR) is 151 cm³/mol. The van der Waals surface area contributed by atoms with Gasteiger partial charge in [0, 0.05) is 18.1 Å². The standard InChI is InChI=1S/C29H35ClN6O4/c1-19(2)12-24(34-27(37)14-20-6-4-7-23(13-20)40-3)29(39)35-11-5-8-26(35)28(38)32-16-21-15-22(30)9-10-25(21)36-18-31-17-33-36/h4,6-7,9-10,13,15,17-19,24,26H,5,8,11-12,14,16H2,1-3H3,(H,32,38)(H,34,37)/t24-,26-/m0/s1. The zero-order valence-electron chi connectivity index (χ0n) is 23.0. The molecule has 2 aromatic carbocycles. The smallest absolute Gasteiger partial charge is 0.245 e. The minimum absolute atomic E-state index is 0.122. The molecule has 0 radical (unpaired) electrons. The van der Waals surface area contributed by atoms with Crippen molar-refractivity contribution in [1.82, 2.24) is 30.3 Å². The van der Waals surface area contributed by atoms with E-state index in [-0.39, 0.29) is 36.6 Å². The number of rotatable bonds is 11. The van der Waals surface area contributed by atoms with E-state index in [1.54, 1.807) is 41.2 Å². The number of hydrogen-bond acceptors (Lipinski definition) is 6. The molecule has 0 spiro atoms. The number of ether oxygens (including phenoxy) is 1. The van der Waals surface area contributed by atoms with E-state index in [2.05, 4.69) is 20.7 Å². The Labute approximate surface area is 239 Å². The van der Waals surface area contributed by atoms with E-state index in [1.165, 1.54) is 6.33 Å². The summed E-state index contributed by atoms with van der Waals surface area (Å²) in [6.07, 6.45) is 4.85. The SMILES string of the molecule is COc1cccc(CC(=O)N[C@@H](CC(C)C)C(=O)N2CCC[C@H]2C(=O)NCc2cc(Cl)ccc2-n2cncn2)c1. The van der Waals surface area contributed by atoms with Crippen LogP contribution in [0.3, 0.4) is 0 Å². The van der Waals surface area contributed by atoms with Crippen molar-refractivity contribution in [2.75, 3.05) is 13.7 Å². The molecule has 0 saturated carbocycles. The summed E-state index contributed by atoms with van der Waals surface area (Å²) >= 11 is 6.22. The summed E-state index contributed by atoms with van der Waals surface area (Å²) in [4.78, 5) is 45.5. The Morgan fingerprint density at radius 1 is 1.18 bits per heavy atom. The fourth-order valence-electron chi connectivity index (χ4n) is 4.96. The van der Waals surface area contributed by atoms with Gasteiger partial charge in [0.15, 0.2) is 0 Å². The summed E-state index contributed by atoms with van der Waals surface area (Å²) in [5.41, 5.74) is 2.30. The number of methoxy groups -OCH3 is 1. The number of likely N-dealkylation sites (tertiary alicyclic amines) is 1. The first kappa shape index (κ1) is 29.1. The Hall–Kier alpha value is -3.92. The second kappa shape index (κ2) is 13.4. The fraction of sp³-hybridized carbons (Fsp3) is 0.414. The lowest BCUT2D eigenvalue weighted by molar-refractivity contribution is -0.141. The third-order valence-electron chi connectivity index (χ3n) is 6.84. The first-order valence-corrected chi connectivity index (χ1v) is 13.8. The minimum Gasteiger partial charge on any atom is -0.497 e. The molecular formula is C29H35ClN6O4. The Balaban J connectivity index is 1.42. The van der Waals surface area contributed by atoms with E-state index in [0.717, 1.165) is 16.8 Å². The Kier molecular flexibility index (Phi) is 9.76. The number of halogens is 1. The van der Waals surface area contributed by atoms with Gasteiger partial charge in [-0.3, -0.25) is 14.4 Å². The van der Waals surface area contributed by atoms with Crippen molar-refractivity contribution in [3.8, 4) is 11.4 Å². The van der Waals surface area contributed by atoms with Crippen LogP contribution in [0.5, 0.6) is 5.75 Å². The van der Waals surface area contributed by atoms with Crippen molar-refractivity contribution in [2.24, 2.45) is 5.92 Å². The highest BCUT2D eigenvalue weighted by molar-refractivity contribution is 6.30. The lowest BCUT2D eigenvalue weighted by atomic mass is 10.0. The molecule has 2 atom stereocenters. The van der Waals surface area contributed by atoms with Gasteiger partial charge in [0.2, 0.25) is 17.7 Å². The van der Waals surface area contributed by atoms with E-state index < -0.39 is 12.1 Å². The van der Waals surface area contributed by atoms with Crippen molar-refractivity contribution in [3.63, 3.8) is 0 Å². The van der Waals surface area contributed by atoms with E-state index in [9.17, 15) is 14.4 Å². The molecular weight excluding hydrogens is 532 g/mol. The van der Waals surface area contributed by atoms with Crippen LogP contribution in [0.25, 0.3) is 5.69 Å². The largest absolute Gasteiger partial charge is 0.497 e. The summed E-state index contributed by atoms with van der Waals surface area (Å²) in [5, 5.41) is 10.6. The average Bonchev–Trinajstić information content (AvgIpc) is 3.64. The summed E-state index contributed by atoms with van der Waals surface area (Å²) in [6.45, 7) is 4.67. The van der Waals surface area contributed by atoms with Gasteiger partial charge in [-0.05, 0) is 66.6 Å². The zero-order chi connectivity index (χ0) is 28.6. The molecule has 3 aromatic rings. The van der Waals surface area contributed by atoms with Crippen LogP contribution in [0.15, 0.2) is 55.1 Å². The summed E-state index contributed by atoms with van der Waals surface area (Å²) in [6, 6.07) is 11.3. The van der Waals surface area contributed by atoms with Crippen LogP contribution in [0.4, 0.5) is 0 Å². The first-order chi connectivity index (χ1) is 19.2. The molecule has 3 amide bonds. The normalized spacial score (nSPS) is 15.6. The number of nitrogens with zero attached hydrogens (tertiary/aromatic N) is 4. The molecule has 0 bridgehead atoms. The van der Waals surface area contributed by atoms with Gasteiger partial charge in [-0.25, -0.2) is 9.67 Å². The van der Waals surface area contributed by atoms with Crippen molar-refractivity contribution in [1.29, 1.82) is 0 Å². The molecule has 2 heterocycles. The lowest BCUT2D eigenvalue weighted by Crippen LogP contribution is -2.54. The highest BCUT2D eigenvalue weighted by atomic mass is 35.5. The number of aromatic nitrogens is 3. The number of benzene rings is 2. The molecule has 212 valence electrons. The highest BCUT2D eigenvalue weighted by Gasteiger charge is 2.37. The quantitative estimate of drug-likeness (QED) is 0.368.